The number of carbonyl (C=O) groups is 1. The molecule has 0 spiro atoms. The fourth-order valence-corrected chi connectivity index (χ4v) is 3.87. The Labute approximate surface area is 201 Å². The van der Waals surface area contributed by atoms with Crippen LogP contribution in [-0.2, 0) is 12.0 Å². The lowest BCUT2D eigenvalue weighted by Crippen LogP contribution is -2.42. The van der Waals surface area contributed by atoms with Crippen LogP contribution in [0, 0.1) is 13.8 Å². The number of hydrogen-bond acceptors (Lipinski definition) is 7. The summed E-state index contributed by atoms with van der Waals surface area (Å²) >= 11 is 0. The summed E-state index contributed by atoms with van der Waals surface area (Å²) in [6, 6.07) is 5.49. The fourth-order valence-electron chi connectivity index (χ4n) is 3.87. The number of rotatable bonds is 9. The Hall–Kier alpha value is -3.20. The monoisotopic (exact) mass is 469 g/mol. The van der Waals surface area contributed by atoms with Gasteiger partial charge in [-0.2, -0.15) is 0 Å². The SMILES string of the molecule is CCN(CC)c1nn2c(N)[n+](CC(=O)c3cc(OCCO)cc(C(C)(C)C)c3)nc2c(C)c1C. The first kappa shape index (κ1) is 25.4. The molecule has 3 rings (SSSR count). The van der Waals surface area contributed by atoms with Crippen molar-refractivity contribution in [2.24, 2.45) is 0 Å². The molecule has 0 amide bonds. The van der Waals surface area contributed by atoms with Gasteiger partial charge in [0.2, 0.25) is 0 Å². The molecule has 9 nitrogen and oxygen atoms in total. The molecule has 0 unspecified atom stereocenters. The van der Waals surface area contributed by atoms with Crippen molar-refractivity contribution < 1.29 is 19.3 Å². The van der Waals surface area contributed by atoms with Crippen molar-refractivity contribution in [3.63, 3.8) is 0 Å². The third-order valence-corrected chi connectivity index (χ3v) is 6.14. The molecule has 2 aromatic heterocycles. The zero-order chi connectivity index (χ0) is 25.2. The second kappa shape index (κ2) is 9.97. The lowest BCUT2D eigenvalue weighted by molar-refractivity contribution is -0.723. The Morgan fingerprint density at radius 3 is 2.44 bits per heavy atom. The molecule has 0 atom stereocenters. The number of fused-ring (bicyclic) bond motifs is 1. The molecular formula is C25H37N6O3+. The van der Waals surface area contributed by atoms with Crippen LogP contribution in [0.1, 0.15) is 61.7 Å². The number of Topliss-reactive ketones (excluding diaryl/α,β-unsaturated/α-hetero) is 1. The van der Waals surface area contributed by atoms with Gasteiger partial charge in [0.1, 0.15) is 12.4 Å². The number of hydrogen-bond donors (Lipinski definition) is 2. The highest BCUT2D eigenvalue weighted by molar-refractivity contribution is 5.95. The molecule has 0 aliphatic carbocycles. The number of carbonyl (C=O) groups excluding carboxylic acids is 1. The minimum Gasteiger partial charge on any atom is -0.491 e. The minimum absolute atomic E-state index is 0.0265. The normalized spacial score (nSPS) is 11.8. The summed E-state index contributed by atoms with van der Waals surface area (Å²) in [5, 5.41) is 18.5. The molecule has 184 valence electrons. The topological polar surface area (TPSA) is 110 Å². The standard InChI is InChI=1S/C25H36N6O3/c1-8-29(9-2)22-16(3)17(4)23-27-30(24(26)31(23)28-22)15-21(33)18-12-19(25(5,6)7)14-20(13-18)34-11-10-32/h12-14,26,32H,8-11,15H2,1-7H3/p+1. The third-order valence-electron chi connectivity index (χ3n) is 6.14. The molecule has 9 heteroatoms. The number of ketones is 1. The van der Waals surface area contributed by atoms with Gasteiger partial charge in [0, 0.05) is 29.8 Å². The number of nitrogen functional groups attached to an aromatic ring is 1. The molecule has 3 aromatic rings. The van der Waals surface area contributed by atoms with Crippen molar-refractivity contribution in [1.29, 1.82) is 0 Å². The van der Waals surface area contributed by atoms with Gasteiger partial charge in [-0.1, -0.05) is 35.5 Å². The predicted molar refractivity (Wildman–Crippen MR) is 133 cm³/mol. The Bertz CT molecular complexity index is 1190. The van der Waals surface area contributed by atoms with Crippen LogP contribution in [0.4, 0.5) is 11.8 Å². The van der Waals surface area contributed by atoms with E-state index in [1.54, 1.807) is 10.6 Å². The molecular weight excluding hydrogens is 432 g/mol. The van der Waals surface area contributed by atoms with E-state index in [-0.39, 0.29) is 31.0 Å². The summed E-state index contributed by atoms with van der Waals surface area (Å²) in [7, 11) is 0. The minimum atomic E-state index is -0.178. The van der Waals surface area contributed by atoms with Gasteiger partial charge in [0.05, 0.1) is 6.61 Å². The highest BCUT2D eigenvalue weighted by Crippen LogP contribution is 2.28. The maximum atomic E-state index is 13.3. The van der Waals surface area contributed by atoms with E-state index in [2.05, 4.69) is 44.6 Å². The summed E-state index contributed by atoms with van der Waals surface area (Å²) in [6.07, 6.45) is 0. The van der Waals surface area contributed by atoms with Gasteiger partial charge in [-0.05, 0) is 56.9 Å². The molecule has 0 aliphatic rings. The number of anilines is 2. The second-order valence-electron chi connectivity index (χ2n) is 9.49. The van der Waals surface area contributed by atoms with Crippen LogP contribution in [0.3, 0.4) is 0 Å². The summed E-state index contributed by atoms with van der Waals surface area (Å²) in [6.45, 7) is 16.1. The molecule has 2 heterocycles. The number of aromatic nitrogens is 4. The maximum absolute atomic E-state index is 13.3. The highest BCUT2D eigenvalue weighted by Gasteiger charge is 2.26. The van der Waals surface area contributed by atoms with Crippen LogP contribution in [0.15, 0.2) is 18.2 Å². The van der Waals surface area contributed by atoms with E-state index in [0.717, 1.165) is 35.6 Å². The van der Waals surface area contributed by atoms with E-state index in [4.69, 9.17) is 20.7 Å². The first-order chi connectivity index (χ1) is 16.0. The lowest BCUT2D eigenvalue weighted by atomic mass is 9.85. The van der Waals surface area contributed by atoms with Gasteiger partial charge >= 0.3 is 5.95 Å². The number of aliphatic hydroxyl groups excluding tert-OH is 1. The molecule has 0 radical (unpaired) electrons. The number of ether oxygens (including phenoxy) is 1. The van der Waals surface area contributed by atoms with Gasteiger partial charge in [0.25, 0.3) is 5.65 Å². The van der Waals surface area contributed by atoms with Crippen molar-refractivity contribution in [2.45, 2.75) is 60.4 Å². The lowest BCUT2D eigenvalue weighted by Gasteiger charge is -2.21. The van der Waals surface area contributed by atoms with Gasteiger partial charge < -0.3 is 14.7 Å². The smallest absolute Gasteiger partial charge is 0.401 e. The molecule has 0 saturated carbocycles. The van der Waals surface area contributed by atoms with Crippen molar-refractivity contribution >= 4 is 23.2 Å². The average Bonchev–Trinajstić information content (AvgIpc) is 3.11. The third kappa shape index (κ3) is 4.99. The summed E-state index contributed by atoms with van der Waals surface area (Å²) < 4.78 is 8.74. The zero-order valence-electron chi connectivity index (χ0n) is 21.3. The summed E-state index contributed by atoms with van der Waals surface area (Å²) in [4.78, 5) is 15.5. The molecule has 0 aliphatic heterocycles. The van der Waals surface area contributed by atoms with Crippen molar-refractivity contribution in [3.8, 4) is 5.75 Å². The van der Waals surface area contributed by atoms with Crippen LogP contribution < -0.4 is 20.1 Å². The number of aryl methyl sites for hydroxylation is 1. The number of aliphatic hydroxyl groups is 1. The Morgan fingerprint density at radius 1 is 1.18 bits per heavy atom. The molecule has 0 saturated heterocycles. The largest absolute Gasteiger partial charge is 0.491 e. The summed E-state index contributed by atoms with van der Waals surface area (Å²) in [5.74, 6) is 1.57. The van der Waals surface area contributed by atoms with Crippen LogP contribution in [0.25, 0.3) is 5.65 Å². The van der Waals surface area contributed by atoms with E-state index < -0.39 is 0 Å². The van der Waals surface area contributed by atoms with E-state index in [1.807, 2.05) is 26.0 Å². The summed E-state index contributed by atoms with van der Waals surface area (Å²) in [5.41, 5.74) is 10.4. The van der Waals surface area contributed by atoms with Gasteiger partial charge in [0.15, 0.2) is 18.1 Å². The van der Waals surface area contributed by atoms with Crippen LogP contribution in [0.5, 0.6) is 5.75 Å². The molecule has 34 heavy (non-hydrogen) atoms. The Morgan fingerprint density at radius 2 is 1.85 bits per heavy atom. The predicted octanol–water partition coefficient (Wildman–Crippen LogP) is 2.61. The van der Waals surface area contributed by atoms with Crippen LogP contribution >= 0.6 is 0 Å². The van der Waals surface area contributed by atoms with Crippen molar-refractivity contribution in [1.82, 2.24) is 14.7 Å². The molecule has 0 bridgehead atoms. The van der Waals surface area contributed by atoms with E-state index >= 15 is 0 Å². The van der Waals surface area contributed by atoms with Crippen LogP contribution in [-0.4, -0.2) is 51.9 Å². The number of benzene rings is 1. The Kier molecular flexibility index (Phi) is 7.45. The quantitative estimate of drug-likeness (QED) is 0.366. The van der Waals surface area contributed by atoms with E-state index in [9.17, 15) is 4.79 Å². The van der Waals surface area contributed by atoms with Gasteiger partial charge in [-0.25, -0.2) is 0 Å². The molecule has 1 aromatic carbocycles. The second-order valence-corrected chi connectivity index (χ2v) is 9.49. The first-order valence-corrected chi connectivity index (χ1v) is 11.7. The Balaban J connectivity index is 2.02. The van der Waals surface area contributed by atoms with E-state index in [1.165, 1.54) is 4.68 Å². The maximum Gasteiger partial charge on any atom is 0.401 e. The van der Waals surface area contributed by atoms with Crippen molar-refractivity contribution in [2.75, 3.05) is 36.9 Å². The molecule has 0 fully saturated rings. The zero-order valence-corrected chi connectivity index (χ0v) is 21.3. The molecule has 3 N–H and O–H groups in total. The van der Waals surface area contributed by atoms with E-state index in [0.29, 0.717) is 22.9 Å². The number of nitrogens with zero attached hydrogens (tertiary/aromatic N) is 5. The van der Waals surface area contributed by atoms with Crippen molar-refractivity contribution in [3.05, 3.63) is 40.5 Å². The average molecular weight is 470 g/mol. The number of nitrogens with two attached hydrogens (primary N) is 1. The first-order valence-electron chi connectivity index (χ1n) is 11.7. The highest BCUT2D eigenvalue weighted by atomic mass is 16.5. The fraction of sp³-hybridized carbons (Fsp3) is 0.520. The van der Waals surface area contributed by atoms with Gasteiger partial charge in [-0.3, -0.25) is 10.5 Å². The van der Waals surface area contributed by atoms with Crippen LogP contribution in [0.2, 0.25) is 0 Å². The van der Waals surface area contributed by atoms with Gasteiger partial charge in [-0.15, -0.1) is 4.68 Å².